The summed E-state index contributed by atoms with van der Waals surface area (Å²) in [4.78, 5) is 16.8. The first-order valence-electron chi connectivity index (χ1n) is 5.89. The fourth-order valence-electron chi connectivity index (χ4n) is 1.41. The minimum atomic E-state index is -0.371. The second-order valence-electron chi connectivity index (χ2n) is 3.84. The Labute approximate surface area is 130 Å². The first-order valence-corrected chi connectivity index (χ1v) is 8.14. The topological polar surface area (TPSA) is 65.2 Å². The molecule has 0 spiro atoms. The predicted molar refractivity (Wildman–Crippen MR) is 83.5 cm³/mol. The van der Waals surface area contributed by atoms with Crippen LogP contribution in [0.4, 0.5) is 5.69 Å². The second-order valence-corrected chi connectivity index (χ2v) is 6.15. The molecule has 0 saturated carbocycles. The molecule has 0 aliphatic heterocycles. The van der Waals surface area contributed by atoms with Crippen molar-refractivity contribution in [3.63, 3.8) is 0 Å². The van der Waals surface area contributed by atoms with Gasteiger partial charge in [-0.2, -0.15) is 0 Å². The molecule has 0 fully saturated rings. The van der Waals surface area contributed by atoms with Crippen LogP contribution in [0.25, 0.3) is 0 Å². The van der Waals surface area contributed by atoms with Gasteiger partial charge in [-0.25, -0.2) is 9.78 Å². The molecular formula is C13H13ClN2O2S2. The van der Waals surface area contributed by atoms with Crippen LogP contribution >= 0.6 is 34.7 Å². The Morgan fingerprint density at radius 1 is 1.55 bits per heavy atom. The molecule has 1 aromatic heterocycles. The summed E-state index contributed by atoms with van der Waals surface area (Å²) in [7, 11) is 0. The van der Waals surface area contributed by atoms with Crippen molar-refractivity contribution in [2.24, 2.45) is 0 Å². The lowest BCUT2D eigenvalue weighted by Gasteiger charge is -2.02. The Balaban J connectivity index is 1.97. The van der Waals surface area contributed by atoms with Gasteiger partial charge in [0.2, 0.25) is 5.01 Å². The van der Waals surface area contributed by atoms with Gasteiger partial charge >= 0.3 is 5.97 Å². The van der Waals surface area contributed by atoms with Gasteiger partial charge in [-0.3, -0.25) is 0 Å². The highest BCUT2D eigenvalue weighted by molar-refractivity contribution is 7.98. The van der Waals surface area contributed by atoms with Gasteiger partial charge in [-0.1, -0.05) is 11.6 Å². The number of carbonyl (C=O) groups excluding carboxylic acids is 1. The lowest BCUT2D eigenvalue weighted by Crippen LogP contribution is -2.03. The van der Waals surface area contributed by atoms with E-state index in [4.69, 9.17) is 22.1 Å². The molecule has 7 heteroatoms. The SMILES string of the molecule is CCOC(=O)c1nc(CSc2ccc(N)c(Cl)c2)cs1. The molecule has 0 amide bonds. The molecule has 106 valence electrons. The van der Waals surface area contributed by atoms with Gasteiger partial charge in [0.15, 0.2) is 0 Å². The summed E-state index contributed by atoms with van der Waals surface area (Å²) in [5.41, 5.74) is 7.07. The number of nitrogens with two attached hydrogens (primary N) is 1. The lowest BCUT2D eigenvalue weighted by atomic mass is 10.3. The average Bonchev–Trinajstić information content (AvgIpc) is 2.89. The number of benzene rings is 1. The molecule has 0 unspecified atom stereocenters. The summed E-state index contributed by atoms with van der Waals surface area (Å²) >= 11 is 8.84. The molecular weight excluding hydrogens is 316 g/mol. The van der Waals surface area contributed by atoms with Crippen LogP contribution in [0.1, 0.15) is 22.4 Å². The molecule has 0 aliphatic carbocycles. The largest absolute Gasteiger partial charge is 0.461 e. The average molecular weight is 329 g/mol. The standard InChI is InChI=1S/C13H13ClN2O2S2/c1-2-18-13(17)12-16-8(7-20-12)6-19-9-3-4-11(15)10(14)5-9/h3-5,7H,2,6,15H2,1H3. The van der Waals surface area contributed by atoms with E-state index in [0.717, 1.165) is 10.6 Å². The number of thioether (sulfide) groups is 1. The van der Waals surface area contributed by atoms with E-state index in [-0.39, 0.29) is 5.97 Å². The number of hydrogen-bond acceptors (Lipinski definition) is 6. The Kier molecular flexibility index (Phi) is 5.28. The van der Waals surface area contributed by atoms with Gasteiger partial charge in [0.25, 0.3) is 0 Å². The van der Waals surface area contributed by atoms with Crippen LogP contribution in [0.2, 0.25) is 5.02 Å². The third-order valence-corrected chi connectivity index (χ3v) is 4.59. The van der Waals surface area contributed by atoms with Gasteiger partial charge in [-0.15, -0.1) is 23.1 Å². The first-order chi connectivity index (χ1) is 9.60. The van der Waals surface area contributed by atoms with E-state index < -0.39 is 0 Å². The molecule has 20 heavy (non-hydrogen) atoms. The van der Waals surface area contributed by atoms with E-state index >= 15 is 0 Å². The van der Waals surface area contributed by atoms with E-state index in [1.54, 1.807) is 24.8 Å². The monoisotopic (exact) mass is 328 g/mol. The molecule has 4 nitrogen and oxygen atoms in total. The third kappa shape index (κ3) is 3.88. The third-order valence-electron chi connectivity index (χ3n) is 2.36. The summed E-state index contributed by atoms with van der Waals surface area (Å²) in [6.07, 6.45) is 0. The maximum Gasteiger partial charge on any atom is 0.367 e. The summed E-state index contributed by atoms with van der Waals surface area (Å²) in [5.74, 6) is 0.292. The van der Waals surface area contributed by atoms with Crippen molar-refractivity contribution < 1.29 is 9.53 Å². The van der Waals surface area contributed by atoms with E-state index in [0.29, 0.717) is 28.1 Å². The highest BCUT2D eigenvalue weighted by atomic mass is 35.5. The molecule has 0 radical (unpaired) electrons. The Hall–Kier alpha value is -1.24. The number of nitrogens with zero attached hydrogens (tertiary/aromatic N) is 1. The van der Waals surface area contributed by atoms with Crippen molar-refractivity contribution in [1.29, 1.82) is 0 Å². The number of halogens is 1. The first kappa shape index (κ1) is 15.2. The number of esters is 1. The summed E-state index contributed by atoms with van der Waals surface area (Å²) in [5, 5.41) is 2.79. The number of rotatable bonds is 5. The fraction of sp³-hybridized carbons (Fsp3) is 0.231. The van der Waals surface area contributed by atoms with Crippen LogP contribution in [-0.2, 0) is 10.5 Å². The van der Waals surface area contributed by atoms with Crippen LogP contribution in [0, 0.1) is 0 Å². The molecule has 1 aromatic carbocycles. The predicted octanol–water partition coefficient (Wildman–Crippen LogP) is 3.85. The smallest absolute Gasteiger partial charge is 0.367 e. The van der Waals surface area contributed by atoms with E-state index in [9.17, 15) is 4.79 Å². The second kappa shape index (κ2) is 6.97. The summed E-state index contributed by atoms with van der Waals surface area (Å²) in [6.45, 7) is 2.12. The van der Waals surface area contributed by atoms with Crippen molar-refractivity contribution >= 4 is 46.4 Å². The molecule has 0 saturated heterocycles. The van der Waals surface area contributed by atoms with Crippen LogP contribution in [0.3, 0.4) is 0 Å². The zero-order valence-electron chi connectivity index (χ0n) is 10.8. The Bertz CT molecular complexity index is 616. The van der Waals surface area contributed by atoms with E-state index in [1.165, 1.54) is 11.3 Å². The molecule has 0 aliphatic rings. The van der Waals surface area contributed by atoms with Crippen molar-refractivity contribution in [3.05, 3.63) is 39.3 Å². The van der Waals surface area contributed by atoms with Crippen LogP contribution < -0.4 is 5.73 Å². The van der Waals surface area contributed by atoms with Crippen LogP contribution in [-0.4, -0.2) is 17.6 Å². The van der Waals surface area contributed by atoms with E-state index in [2.05, 4.69) is 4.98 Å². The zero-order chi connectivity index (χ0) is 14.5. The van der Waals surface area contributed by atoms with Crippen molar-refractivity contribution in [1.82, 2.24) is 4.98 Å². The van der Waals surface area contributed by atoms with Gasteiger partial charge in [0.05, 0.1) is 23.0 Å². The van der Waals surface area contributed by atoms with E-state index in [1.807, 2.05) is 17.5 Å². The van der Waals surface area contributed by atoms with Crippen LogP contribution in [0.5, 0.6) is 0 Å². The maximum absolute atomic E-state index is 11.5. The number of carbonyl (C=O) groups is 1. The number of nitrogen functional groups attached to an aromatic ring is 1. The minimum absolute atomic E-state index is 0.354. The molecule has 0 atom stereocenters. The van der Waals surface area contributed by atoms with Gasteiger partial charge in [-0.05, 0) is 25.1 Å². The van der Waals surface area contributed by atoms with Gasteiger partial charge in [0.1, 0.15) is 0 Å². The highest BCUT2D eigenvalue weighted by Crippen LogP contribution is 2.28. The molecule has 0 bridgehead atoms. The lowest BCUT2D eigenvalue weighted by molar-refractivity contribution is 0.0525. The minimum Gasteiger partial charge on any atom is -0.461 e. The van der Waals surface area contributed by atoms with Crippen molar-refractivity contribution in [2.45, 2.75) is 17.6 Å². The van der Waals surface area contributed by atoms with Crippen molar-refractivity contribution in [3.8, 4) is 0 Å². The fourth-order valence-corrected chi connectivity index (χ4v) is 3.30. The summed E-state index contributed by atoms with van der Waals surface area (Å²) < 4.78 is 4.90. The normalized spacial score (nSPS) is 10.5. The highest BCUT2D eigenvalue weighted by Gasteiger charge is 2.12. The van der Waals surface area contributed by atoms with Crippen molar-refractivity contribution in [2.75, 3.05) is 12.3 Å². The zero-order valence-corrected chi connectivity index (χ0v) is 13.1. The maximum atomic E-state index is 11.5. The van der Waals surface area contributed by atoms with Gasteiger partial charge in [0, 0.05) is 16.0 Å². The molecule has 2 N–H and O–H groups in total. The number of aromatic nitrogens is 1. The quantitative estimate of drug-likeness (QED) is 0.513. The van der Waals surface area contributed by atoms with Crippen LogP contribution in [0.15, 0.2) is 28.5 Å². The number of anilines is 1. The number of ether oxygens (including phenoxy) is 1. The number of hydrogen-bond donors (Lipinski definition) is 1. The van der Waals surface area contributed by atoms with Gasteiger partial charge < -0.3 is 10.5 Å². The summed E-state index contributed by atoms with van der Waals surface area (Å²) in [6, 6.07) is 5.50. The number of thiazole rings is 1. The Morgan fingerprint density at radius 2 is 2.35 bits per heavy atom. The Morgan fingerprint density at radius 3 is 3.05 bits per heavy atom. The molecule has 2 rings (SSSR count). The molecule has 1 heterocycles. The molecule has 2 aromatic rings.